The summed E-state index contributed by atoms with van der Waals surface area (Å²) in [6.45, 7) is 6.97. The molecule has 0 aromatic carbocycles. The van der Waals surface area contributed by atoms with E-state index in [0.717, 1.165) is 12.5 Å². The summed E-state index contributed by atoms with van der Waals surface area (Å²) < 4.78 is 37.4. The zero-order valence-electron chi connectivity index (χ0n) is 9.43. The van der Waals surface area contributed by atoms with Crippen molar-refractivity contribution in [1.82, 2.24) is 0 Å². The van der Waals surface area contributed by atoms with Crippen LogP contribution in [-0.2, 0) is 0 Å². The van der Waals surface area contributed by atoms with Gasteiger partial charge >= 0.3 is 0 Å². The van der Waals surface area contributed by atoms with Gasteiger partial charge in [-0.3, -0.25) is 0 Å². The first-order valence-corrected chi connectivity index (χ1v) is 4.89. The lowest BCUT2D eigenvalue weighted by atomic mass is 10.1. The van der Waals surface area contributed by atoms with Gasteiger partial charge in [0.05, 0.1) is 0 Å². The van der Waals surface area contributed by atoms with Crippen molar-refractivity contribution < 1.29 is 13.2 Å². The molecule has 0 aliphatic rings. The Morgan fingerprint density at radius 2 is 1.81 bits per heavy atom. The summed E-state index contributed by atoms with van der Waals surface area (Å²) in [5.74, 6) is -1.46. The summed E-state index contributed by atoms with van der Waals surface area (Å²) >= 11 is 0. The third-order valence-electron chi connectivity index (χ3n) is 1.89. The molecule has 0 unspecified atom stereocenters. The molecule has 0 aromatic rings. The number of hydrogen-bond donors (Lipinski definition) is 0. The lowest BCUT2D eigenvalue weighted by molar-refractivity contribution is 0.606. The zero-order valence-corrected chi connectivity index (χ0v) is 9.43. The Morgan fingerprint density at radius 1 is 1.19 bits per heavy atom. The Morgan fingerprint density at radius 3 is 2.31 bits per heavy atom. The van der Waals surface area contributed by atoms with E-state index in [1.807, 2.05) is 6.92 Å². The third-order valence-corrected chi connectivity index (χ3v) is 1.89. The first kappa shape index (κ1) is 14.5. The molecule has 0 spiro atoms. The van der Waals surface area contributed by atoms with Crippen LogP contribution in [0.1, 0.15) is 20.3 Å². The van der Waals surface area contributed by atoms with E-state index in [0.29, 0.717) is 11.1 Å². The Balaban J connectivity index is 4.73. The summed E-state index contributed by atoms with van der Waals surface area (Å²) in [7, 11) is 0. The lowest BCUT2D eigenvalue weighted by Gasteiger charge is -2.00. The van der Waals surface area contributed by atoms with Crippen LogP contribution < -0.4 is 0 Å². The molecular formula is C13H15F3. The van der Waals surface area contributed by atoms with Gasteiger partial charge in [-0.2, -0.15) is 0 Å². The quantitative estimate of drug-likeness (QED) is 0.575. The van der Waals surface area contributed by atoms with E-state index in [9.17, 15) is 13.2 Å². The molecule has 0 atom stereocenters. The van der Waals surface area contributed by atoms with Crippen molar-refractivity contribution >= 4 is 0 Å². The minimum absolute atomic E-state index is 0.170. The molecule has 0 aromatic heterocycles. The molecule has 0 bridgehead atoms. The van der Waals surface area contributed by atoms with E-state index in [1.54, 1.807) is 6.08 Å². The van der Waals surface area contributed by atoms with E-state index in [2.05, 4.69) is 6.58 Å². The predicted molar refractivity (Wildman–Crippen MR) is 61.8 cm³/mol. The van der Waals surface area contributed by atoms with Crippen molar-refractivity contribution in [3.63, 3.8) is 0 Å². The highest BCUT2D eigenvalue weighted by atomic mass is 19.2. The van der Waals surface area contributed by atoms with Crippen molar-refractivity contribution in [3.05, 3.63) is 60.0 Å². The average molecular weight is 228 g/mol. The number of halogens is 3. The van der Waals surface area contributed by atoms with Crippen LogP contribution >= 0.6 is 0 Å². The predicted octanol–water partition coefficient (Wildman–Crippen LogP) is 5.09. The van der Waals surface area contributed by atoms with Gasteiger partial charge in [-0.25, -0.2) is 13.2 Å². The summed E-state index contributed by atoms with van der Waals surface area (Å²) in [4.78, 5) is 0. The summed E-state index contributed by atoms with van der Waals surface area (Å²) in [5.41, 5.74) is 0.600. The maximum atomic E-state index is 13.4. The molecule has 0 amide bonds. The van der Waals surface area contributed by atoms with Crippen molar-refractivity contribution in [3.8, 4) is 0 Å². The maximum Gasteiger partial charge on any atom is 0.151 e. The molecule has 88 valence electrons. The summed E-state index contributed by atoms with van der Waals surface area (Å²) in [5, 5.41) is 0. The molecule has 16 heavy (non-hydrogen) atoms. The van der Waals surface area contributed by atoms with E-state index in [-0.39, 0.29) is 6.33 Å². The molecular weight excluding hydrogens is 213 g/mol. The van der Waals surface area contributed by atoms with Crippen LogP contribution in [-0.4, -0.2) is 0 Å². The number of hydrogen-bond acceptors (Lipinski definition) is 0. The second-order valence-corrected chi connectivity index (χ2v) is 3.14. The van der Waals surface area contributed by atoms with Gasteiger partial charge in [-0.1, -0.05) is 25.7 Å². The monoisotopic (exact) mass is 228 g/mol. The van der Waals surface area contributed by atoms with Gasteiger partial charge in [0, 0.05) is 0 Å². The Kier molecular flexibility index (Phi) is 7.01. The minimum atomic E-state index is -1.03. The highest BCUT2D eigenvalue weighted by molar-refractivity contribution is 5.41. The molecule has 0 saturated carbocycles. The van der Waals surface area contributed by atoms with E-state index in [1.165, 1.54) is 19.1 Å². The molecule has 0 radical (unpaired) electrons. The largest absolute Gasteiger partial charge is 0.212 e. The van der Waals surface area contributed by atoms with Crippen LogP contribution in [0.15, 0.2) is 60.0 Å². The molecule has 0 aliphatic heterocycles. The topological polar surface area (TPSA) is 0 Å². The second-order valence-electron chi connectivity index (χ2n) is 3.14. The molecule has 0 N–H and O–H groups in total. The summed E-state index contributed by atoms with van der Waals surface area (Å²) in [6.07, 6.45) is 5.66. The van der Waals surface area contributed by atoms with Gasteiger partial charge < -0.3 is 0 Å². The standard InChI is InChI=1S/C13H15F3/c1-4-5-6-13(16)11(3)10(2)7-8-12(15)9-14/h5-9H,2,4H2,1,3H3/b6-5-,8-7-,12-9-,13-11-. The number of rotatable bonds is 5. The lowest BCUT2D eigenvalue weighted by Crippen LogP contribution is -1.82. The first-order chi connectivity index (χ1) is 7.52. The average Bonchev–Trinajstić information content (AvgIpc) is 2.31. The summed E-state index contributed by atoms with van der Waals surface area (Å²) in [6, 6.07) is 0. The van der Waals surface area contributed by atoms with E-state index < -0.39 is 11.7 Å². The van der Waals surface area contributed by atoms with E-state index in [4.69, 9.17) is 0 Å². The third kappa shape index (κ3) is 5.39. The second kappa shape index (κ2) is 7.74. The van der Waals surface area contributed by atoms with Crippen LogP contribution in [0, 0.1) is 0 Å². The normalized spacial score (nSPS) is 14.7. The van der Waals surface area contributed by atoms with Crippen LogP contribution in [0.2, 0.25) is 0 Å². The smallest absolute Gasteiger partial charge is 0.151 e. The first-order valence-electron chi connectivity index (χ1n) is 4.89. The van der Waals surface area contributed by atoms with Crippen molar-refractivity contribution in [1.29, 1.82) is 0 Å². The van der Waals surface area contributed by atoms with Crippen molar-refractivity contribution in [2.75, 3.05) is 0 Å². The molecule has 0 heterocycles. The molecule has 0 nitrogen and oxygen atoms in total. The van der Waals surface area contributed by atoms with Crippen LogP contribution in [0.3, 0.4) is 0 Å². The Labute approximate surface area is 94.2 Å². The van der Waals surface area contributed by atoms with Gasteiger partial charge in [0.1, 0.15) is 12.2 Å². The van der Waals surface area contributed by atoms with Crippen LogP contribution in [0.25, 0.3) is 0 Å². The minimum Gasteiger partial charge on any atom is -0.212 e. The van der Waals surface area contributed by atoms with Crippen LogP contribution in [0.4, 0.5) is 13.2 Å². The van der Waals surface area contributed by atoms with Crippen LogP contribution in [0.5, 0.6) is 0 Å². The molecule has 0 aliphatic carbocycles. The fraction of sp³-hybridized carbons (Fsp3) is 0.231. The molecule has 0 rings (SSSR count). The SMILES string of the molecule is C=C(/C=C\C(F)=C\F)/C(C)=C(F)/C=C\CC. The maximum absolute atomic E-state index is 13.4. The van der Waals surface area contributed by atoms with E-state index >= 15 is 0 Å². The van der Waals surface area contributed by atoms with Crippen molar-refractivity contribution in [2.45, 2.75) is 20.3 Å². The Hall–Kier alpha value is -1.51. The number of allylic oxidation sites excluding steroid dienone is 8. The van der Waals surface area contributed by atoms with Gasteiger partial charge in [-0.15, -0.1) is 0 Å². The fourth-order valence-electron chi connectivity index (χ4n) is 0.841. The molecule has 0 fully saturated rings. The van der Waals surface area contributed by atoms with Gasteiger partial charge in [0.2, 0.25) is 0 Å². The highest BCUT2D eigenvalue weighted by Gasteiger charge is 2.00. The van der Waals surface area contributed by atoms with Gasteiger partial charge in [-0.05, 0) is 36.6 Å². The zero-order chi connectivity index (χ0) is 12.6. The van der Waals surface area contributed by atoms with Gasteiger partial charge in [0.25, 0.3) is 0 Å². The molecule has 0 saturated heterocycles. The van der Waals surface area contributed by atoms with Crippen molar-refractivity contribution in [2.24, 2.45) is 0 Å². The highest BCUT2D eigenvalue weighted by Crippen LogP contribution is 2.17. The molecule has 3 heteroatoms. The fourth-order valence-corrected chi connectivity index (χ4v) is 0.841. The Bertz CT molecular complexity index is 357. The van der Waals surface area contributed by atoms with Gasteiger partial charge in [0.15, 0.2) is 5.83 Å².